The van der Waals surface area contributed by atoms with Crippen molar-refractivity contribution < 1.29 is 10.8 Å². The molecule has 0 spiro atoms. The summed E-state index contributed by atoms with van der Waals surface area (Å²) in [5, 5.41) is 9.38. The summed E-state index contributed by atoms with van der Waals surface area (Å²) in [6.45, 7) is 0. The Morgan fingerprint density at radius 3 is 2.20 bits per heavy atom. The molecule has 0 aliphatic carbocycles. The van der Waals surface area contributed by atoms with Crippen molar-refractivity contribution in [2.75, 3.05) is 0 Å². The van der Waals surface area contributed by atoms with Crippen molar-refractivity contribution in [3.05, 3.63) is 65.7 Å². The summed E-state index contributed by atoms with van der Waals surface area (Å²) >= 11 is 0. The zero-order valence-corrected chi connectivity index (χ0v) is 8.43. The van der Waals surface area contributed by atoms with Crippen molar-refractivity contribution in [3.63, 3.8) is 0 Å². The van der Waals surface area contributed by atoms with E-state index in [1.807, 2.05) is 42.5 Å². The molecule has 2 nitrogen and oxygen atoms in total. The van der Waals surface area contributed by atoms with Crippen LogP contribution in [0.1, 0.15) is 17.2 Å². The lowest BCUT2D eigenvalue weighted by Crippen LogP contribution is -2.53. The zero-order valence-electron chi connectivity index (χ0n) is 8.43. The molecule has 2 rings (SSSR count). The van der Waals surface area contributed by atoms with Crippen molar-refractivity contribution in [1.29, 1.82) is 0 Å². The second-order valence-electron chi connectivity index (χ2n) is 3.56. The van der Waals surface area contributed by atoms with Crippen LogP contribution in [0.4, 0.5) is 0 Å². The summed E-state index contributed by atoms with van der Waals surface area (Å²) in [5.74, 6) is 0.289. The van der Waals surface area contributed by atoms with Gasteiger partial charge in [0.2, 0.25) is 0 Å². The van der Waals surface area contributed by atoms with Gasteiger partial charge in [0.05, 0.1) is 0 Å². The van der Waals surface area contributed by atoms with Gasteiger partial charge in [-0.3, -0.25) is 0 Å². The van der Waals surface area contributed by atoms with Crippen molar-refractivity contribution in [1.82, 2.24) is 0 Å². The molecule has 0 saturated carbocycles. The fourth-order valence-electron chi connectivity index (χ4n) is 1.62. The highest BCUT2D eigenvalue weighted by molar-refractivity contribution is 5.34. The van der Waals surface area contributed by atoms with Crippen LogP contribution in [-0.2, 0) is 0 Å². The highest BCUT2D eigenvalue weighted by Crippen LogP contribution is 2.20. The monoisotopic (exact) mass is 200 g/mol. The lowest BCUT2D eigenvalue weighted by Gasteiger charge is -2.09. The lowest BCUT2D eigenvalue weighted by atomic mass is 10.00. The van der Waals surface area contributed by atoms with Gasteiger partial charge in [0, 0.05) is 11.1 Å². The molecule has 1 atom stereocenters. The van der Waals surface area contributed by atoms with Crippen LogP contribution in [-0.4, -0.2) is 5.11 Å². The van der Waals surface area contributed by atoms with Gasteiger partial charge in [-0.15, -0.1) is 0 Å². The van der Waals surface area contributed by atoms with Gasteiger partial charge in [-0.2, -0.15) is 0 Å². The maximum absolute atomic E-state index is 9.38. The van der Waals surface area contributed by atoms with Gasteiger partial charge < -0.3 is 10.8 Å². The Kier molecular flexibility index (Phi) is 2.70. The molecule has 0 aromatic heterocycles. The first-order valence-corrected chi connectivity index (χ1v) is 4.94. The smallest absolute Gasteiger partial charge is 0.136 e. The number of quaternary nitrogens is 1. The Morgan fingerprint density at radius 1 is 0.867 bits per heavy atom. The number of rotatable bonds is 2. The van der Waals surface area contributed by atoms with Gasteiger partial charge in [0.1, 0.15) is 11.8 Å². The molecule has 0 saturated heterocycles. The molecular weight excluding hydrogens is 186 g/mol. The average Bonchev–Trinajstić information content (AvgIpc) is 2.29. The third-order valence-electron chi connectivity index (χ3n) is 2.47. The molecule has 2 heteroatoms. The first-order chi connectivity index (χ1) is 7.27. The lowest BCUT2D eigenvalue weighted by molar-refractivity contribution is -0.411. The molecule has 0 amide bonds. The number of phenols is 1. The predicted molar refractivity (Wildman–Crippen MR) is 59.3 cm³/mol. The normalized spacial score (nSPS) is 12.3. The molecule has 0 bridgehead atoms. The van der Waals surface area contributed by atoms with E-state index in [0.717, 1.165) is 11.1 Å². The Hall–Kier alpha value is -1.80. The molecule has 2 aromatic carbocycles. The number of aromatic hydroxyl groups is 1. The van der Waals surface area contributed by atoms with Crippen LogP contribution < -0.4 is 5.73 Å². The maximum Gasteiger partial charge on any atom is 0.136 e. The topological polar surface area (TPSA) is 47.9 Å². The molecule has 4 N–H and O–H groups in total. The fraction of sp³-hybridized carbons (Fsp3) is 0.0769. The van der Waals surface area contributed by atoms with Gasteiger partial charge in [-0.1, -0.05) is 42.5 Å². The van der Waals surface area contributed by atoms with Crippen LogP contribution >= 0.6 is 0 Å². The average molecular weight is 200 g/mol. The van der Waals surface area contributed by atoms with Crippen LogP contribution in [0.5, 0.6) is 5.75 Å². The Labute approximate surface area is 89.0 Å². The van der Waals surface area contributed by atoms with Gasteiger partial charge in [0.25, 0.3) is 0 Å². The summed E-state index contributed by atoms with van der Waals surface area (Å²) in [7, 11) is 0. The first-order valence-electron chi connectivity index (χ1n) is 4.94. The largest absolute Gasteiger partial charge is 0.508 e. The van der Waals surface area contributed by atoms with E-state index < -0.39 is 0 Å². The molecule has 76 valence electrons. The summed E-state index contributed by atoms with van der Waals surface area (Å²) in [4.78, 5) is 0. The Balaban J connectivity index is 2.32. The van der Waals surface area contributed by atoms with Gasteiger partial charge >= 0.3 is 0 Å². The molecule has 0 unspecified atom stereocenters. The summed E-state index contributed by atoms with van der Waals surface area (Å²) < 4.78 is 0. The molecule has 2 aromatic rings. The minimum Gasteiger partial charge on any atom is -0.508 e. The number of benzene rings is 2. The highest BCUT2D eigenvalue weighted by atomic mass is 16.3. The van der Waals surface area contributed by atoms with E-state index in [9.17, 15) is 5.11 Å². The van der Waals surface area contributed by atoms with Crippen molar-refractivity contribution >= 4 is 0 Å². The number of hydrogen-bond donors (Lipinski definition) is 2. The van der Waals surface area contributed by atoms with Crippen LogP contribution in [0.2, 0.25) is 0 Å². The van der Waals surface area contributed by atoms with Gasteiger partial charge in [-0.25, -0.2) is 0 Å². The predicted octanol–water partition coefficient (Wildman–Crippen LogP) is 1.72. The Morgan fingerprint density at radius 2 is 1.53 bits per heavy atom. The molecule has 0 aliphatic heterocycles. The quantitative estimate of drug-likeness (QED) is 0.762. The van der Waals surface area contributed by atoms with E-state index >= 15 is 0 Å². The minimum atomic E-state index is 0.0679. The number of phenolic OH excluding ortho intramolecular Hbond substituents is 1. The SMILES string of the molecule is [NH3+][C@@H](c1ccccc1)c1cccc(O)c1. The molecule has 0 radical (unpaired) electrons. The molecule has 15 heavy (non-hydrogen) atoms. The van der Waals surface area contributed by atoms with Crippen LogP contribution in [0, 0.1) is 0 Å². The second-order valence-corrected chi connectivity index (χ2v) is 3.56. The highest BCUT2D eigenvalue weighted by Gasteiger charge is 2.11. The van der Waals surface area contributed by atoms with Crippen LogP contribution in [0.3, 0.4) is 0 Å². The Bertz CT molecular complexity index is 439. The van der Waals surface area contributed by atoms with E-state index in [2.05, 4.69) is 5.73 Å². The van der Waals surface area contributed by atoms with E-state index in [1.54, 1.807) is 12.1 Å². The van der Waals surface area contributed by atoms with E-state index in [1.165, 1.54) is 0 Å². The van der Waals surface area contributed by atoms with Crippen molar-refractivity contribution in [3.8, 4) is 5.75 Å². The van der Waals surface area contributed by atoms with Gasteiger partial charge in [-0.05, 0) is 12.1 Å². The van der Waals surface area contributed by atoms with Crippen molar-refractivity contribution in [2.45, 2.75) is 6.04 Å². The van der Waals surface area contributed by atoms with Crippen molar-refractivity contribution in [2.24, 2.45) is 0 Å². The summed E-state index contributed by atoms with van der Waals surface area (Å²) in [6, 6.07) is 17.4. The van der Waals surface area contributed by atoms with Gasteiger partial charge in [0.15, 0.2) is 0 Å². The molecular formula is C13H14NO+. The van der Waals surface area contributed by atoms with E-state index in [0.29, 0.717) is 0 Å². The fourth-order valence-corrected chi connectivity index (χ4v) is 1.62. The standard InChI is InChI=1S/C13H13NO/c14-13(10-5-2-1-3-6-10)11-7-4-8-12(15)9-11/h1-9,13,15H,14H2/p+1/t13-/m0/s1. The molecule has 0 fully saturated rings. The summed E-state index contributed by atoms with van der Waals surface area (Å²) in [6.07, 6.45) is 0. The zero-order chi connectivity index (χ0) is 10.7. The second kappa shape index (κ2) is 4.15. The number of hydrogen-bond acceptors (Lipinski definition) is 1. The van der Waals surface area contributed by atoms with E-state index in [4.69, 9.17) is 0 Å². The third kappa shape index (κ3) is 2.17. The van der Waals surface area contributed by atoms with Crippen LogP contribution in [0.15, 0.2) is 54.6 Å². The summed E-state index contributed by atoms with van der Waals surface area (Å²) in [5.41, 5.74) is 6.29. The maximum atomic E-state index is 9.38. The third-order valence-corrected chi connectivity index (χ3v) is 2.47. The minimum absolute atomic E-state index is 0.0679. The molecule has 0 aliphatic rings. The molecule has 0 heterocycles. The van der Waals surface area contributed by atoms with E-state index in [-0.39, 0.29) is 11.8 Å². The van der Waals surface area contributed by atoms with Crippen LogP contribution in [0.25, 0.3) is 0 Å². The first kappa shape index (κ1) is 9.74.